The highest BCUT2D eigenvalue weighted by molar-refractivity contribution is 9.10. The average molecular weight is 426 g/mol. The fourth-order valence-corrected chi connectivity index (χ4v) is 3.42. The van der Waals surface area contributed by atoms with Crippen LogP contribution in [-0.2, 0) is 9.84 Å². The lowest BCUT2D eigenvalue weighted by molar-refractivity contribution is 0.0741. The molecule has 0 unspecified atom stereocenters. The molecule has 5 nitrogen and oxygen atoms in total. The Hall–Kier alpha value is -1.86. The van der Waals surface area contributed by atoms with E-state index < -0.39 is 9.84 Å². The third-order valence-corrected chi connectivity index (χ3v) is 5.92. The number of ether oxygens (including phenoxy) is 1. The largest absolute Gasteiger partial charge is 0.497 e. The molecule has 0 heterocycles. The van der Waals surface area contributed by atoms with Crippen molar-refractivity contribution >= 4 is 31.7 Å². The number of carbonyl (C=O) groups excluding carboxylic acids is 1. The van der Waals surface area contributed by atoms with Crippen molar-refractivity contribution in [1.29, 1.82) is 0 Å². The Labute approximate surface area is 156 Å². The van der Waals surface area contributed by atoms with Gasteiger partial charge in [0.15, 0.2) is 9.84 Å². The van der Waals surface area contributed by atoms with Crippen LogP contribution in [0.25, 0.3) is 0 Å². The second-order valence-electron chi connectivity index (χ2n) is 5.78. The smallest absolute Gasteiger partial charge is 0.255 e. The first-order chi connectivity index (χ1) is 11.6. The summed E-state index contributed by atoms with van der Waals surface area (Å²) in [5, 5.41) is 0. The van der Waals surface area contributed by atoms with Crippen molar-refractivity contribution in [1.82, 2.24) is 4.90 Å². The molecule has 0 fully saturated rings. The van der Waals surface area contributed by atoms with E-state index in [0.29, 0.717) is 15.8 Å². The van der Waals surface area contributed by atoms with Gasteiger partial charge < -0.3 is 9.64 Å². The Balaban J connectivity index is 2.27. The van der Waals surface area contributed by atoms with Crippen molar-refractivity contribution < 1.29 is 17.9 Å². The van der Waals surface area contributed by atoms with Gasteiger partial charge in [0.25, 0.3) is 5.91 Å². The number of rotatable bonds is 5. The van der Waals surface area contributed by atoms with Crippen molar-refractivity contribution in [2.75, 3.05) is 20.4 Å². The highest BCUT2D eigenvalue weighted by Gasteiger charge is 2.21. The quantitative estimate of drug-likeness (QED) is 0.732. The first-order valence-corrected chi connectivity index (χ1v) is 10.2. The van der Waals surface area contributed by atoms with Crippen LogP contribution in [0.5, 0.6) is 5.75 Å². The lowest BCUT2D eigenvalue weighted by Crippen LogP contribution is -2.30. The van der Waals surface area contributed by atoms with Gasteiger partial charge in [0, 0.05) is 17.8 Å². The van der Waals surface area contributed by atoms with Crippen molar-refractivity contribution in [2.45, 2.75) is 17.9 Å². The van der Waals surface area contributed by atoms with Crippen LogP contribution in [-0.4, -0.2) is 39.6 Å². The van der Waals surface area contributed by atoms with E-state index in [9.17, 15) is 13.2 Å². The van der Waals surface area contributed by atoms with E-state index in [4.69, 9.17) is 4.74 Å². The molecular weight excluding hydrogens is 406 g/mol. The summed E-state index contributed by atoms with van der Waals surface area (Å²) in [4.78, 5) is 14.7. The van der Waals surface area contributed by atoms with Crippen molar-refractivity contribution in [3.05, 3.63) is 58.1 Å². The lowest BCUT2D eigenvalue weighted by atomic mass is 10.1. The van der Waals surface area contributed by atoms with Crippen LogP contribution in [0.4, 0.5) is 0 Å². The third-order valence-electron chi connectivity index (χ3n) is 4.10. The molecule has 2 rings (SSSR count). The number of amides is 1. The fraction of sp³-hybridized carbons (Fsp3) is 0.278. The van der Waals surface area contributed by atoms with Gasteiger partial charge in [-0.3, -0.25) is 4.79 Å². The van der Waals surface area contributed by atoms with Gasteiger partial charge in [0.1, 0.15) is 5.75 Å². The molecule has 0 N–H and O–H groups in total. The van der Waals surface area contributed by atoms with Gasteiger partial charge in [0.2, 0.25) is 0 Å². The SMILES string of the molecule is COc1ccc(Br)c(C(=O)N(C)[C@H](C)c2ccc(S(C)(=O)=O)cc2)c1. The predicted molar refractivity (Wildman–Crippen MR) is 101 cm³/mol. The molecule has 134 valence electrons. The van der Waals surface area contributed by atoms with E-state index in [0.717, 1.165) is 5.56 Å². The molecule has 1 atom stereocenters. The molecule has 0 saturated heterocycles. The fourth-order valence-electron chi connectivity index (χ4n) is 2.38. The molecule has 2 aromatic carbocycles. The normalized spacial score (nSPS) is 12.5. The standard InChI is InChI=1S/C18H20BrNO4S/c1-12(13-5-8-15(9-6-13)25(4,22)23)20(2)18(21)16-11-14(24-3)7-10-17(16)19/h5-12H,1-4H3/t12-/m1/s1. The molecule has 0 aliphatic heterocycles. The van der Waals surface area contributed by atoms with Gasteiger partial charge in [-0.15, -0.1) is 0 Å². The maximum absolute atomic E-state index is 12.8. The molecule has 7 heteroatoms. The minimum atomic E-state index is -3.24. The molecule has 0 aromatic heterocycles. The Morgan fingerprint density at radius 1 is 1.16 bits per heavy atom. The molecule has 0 aliphatic rings. The summed E-state index contributed by atoms with van der Waals surface area (Å²) in [6.45, 7) is 1.89. The number of carbonyl (C=O) groups is 1. The molecule has 2 aromatic rings. The van der Waals surface area contributed by atoms with Crippen LogP contribution in [0.1, 0.15) is 28.9 Å². The minimum Gasteiger partial charge on any atom is -0.497 e. The Morgan fingerprint density at radius 2 is 1.76 bits per heavy atom. The van der Waals surface area contributed by atoms with Crippen molar-refractivity contribution in [2.24, 2.45) is 0 Å². The minimum absolute atomic E-state index is 0.162. The van der Waals surface area contributed by atoms with Crippen LogP contribution in [0.2, 0.25) is 0 Å². The van der Waals surface area contributed by atoms with E-state index in [2.05, 4.69) is 15.9 Å². The Bertz CT molecular complexity index is 878. The first-order valence-electron chi connectivity index (χ1n) is 7.56. The van der Waals surface area contributed by atoms with E-state index >= 15 is 0 Å². The van der Waals surface area contributed by atoms with Gasteiger partial charge >= 0.3 is 0 Å². The lowest BCUT2D eigenvalue weighted by Gasteiger charge is -2.26. The van der Waals surface area contributed by atoms with Gasteiger partial charge in [-0.25, -0.2) is 8.42 Å². The Morgan fingerprint density at radius 3 is 2.28 bits per heavy atom. The maximum Gasteiger partial charge on any atom is 0.255 e. The molecule has 0 saturated carbocycles. The summed E-state index contributed by atoms with van der Waals surface area (Å²) >= 11 is 3.40. The average Bonchev–Trinajstić information content (AvgIpc) is 2.59. The zero-order chi connectivity index (χ0) is 18.8. The number of sulfone groups is 1. The first kappa shape index (κ1) is 19.5. The molecule has 1 amide bonds. The van der Waals surface area contributed by atoms with Crippen LogP contribution in [0.3, 0.4) is 0 Å². The molecule has 25 heavy (non-hydrogen) atoms. The third kappa shape index (κ3) is 4.41. The summed E-state index contributed by atoms with van der Waals surface area (Å²) in [6.07, 6.45) is 1.17. The van der Waals surface area contributed by atoms with Crippen LogP contribution >= 0.6 is 15.9 Å². The van der Waals surface area contributed by atoms with Crippen LogP contribution in [0, 0.1) is 0 Å². The molecule has 0 bridgehead atoms. The molecule has 0 radical (unpaired) electrons. The number of halogens is 1. The summed E-state index contributed by atoms with van der Waals surface area (Å²) in [6, 6.07) is 11.6. The number of benzene rings is 2. The maximum atomic E-state index is 12.8. The predicted octanol–water partition coefficient (Wildman–Crippen LogP) is 3.69. The zero-order valence-corrected chi connectivity index (χ0v) is 16.9. The van der Waals surface area contributed by atoms with Crippen molar-refractivity contribution in [3.8, 4) is 5.75 Å². The second-order valence-corrected chi connectivity index (χ2v) is 8.65. The van der Waals surface area contributed by atoms with Gasteiger partial charge in [0.05, 0.1) is 23.6 Å². The van der Waals surface area contributed by atoms with Gasteiger partial charge in [-0.05, 0) is 58.7 Å². The topological polar surface area (TPSA) is 63.7 Å². The second kappa shape index (κ2) is 7.58. The molecular formula is C18H20BrNO4S. The molecule has 0 aliphatic carbocycles. The number of hydrogen-bond acceptors (Lipinski definition) is 4. The van der Waals surface area contributed by atoms with E-state index in [1.165, 1.54) is 6.26 Å². The number of hydrogen-bond donors (Lipinski definition) is 0. The number of methoxy groups -OCH3 is 1. The molecule has 0 spiro atoms. The summed E-state index contributed by atoms with van der Waals surface area (Å²) in [5.74, 6) is 0.440. The van der Waals surface area contributed by atoms with Gasteiger partial charge in [-0.1, -0.05) is 12.1 Å². The van der Waals surface area contributed by atoms with Crippen LogP contribution < -0.4 is 4.74 Å². The zero-order valence-electron chi connectivity index (χ0n) is 14.5. The number of nitrogens with zero attached hydrogens (tertiary/aromatic N) is 1. The van der Waals surface area contributed by atoms with E-state index in [1.54, 1.807) is 61.5 Å². The van der Waals surface area contributed by atoms with E-state index in [1.807, 2.05) is 6.92 Å². The monoisotopic (exact) mass is 425 g/mol. The summed E-state index contributed by atoms with van der Waals surface area (Å²) in [5.41, 5.74) is 1.35. The van der Waals surface area contributed by atoms with E-state index in [-0.39, 0.29) is 16.8 Å². The highest BCUT2D eigenvalue weighted by Crippen LogP contribution is 2.27. The van der Waals surface area contributed by atoms with Crippen molar-refractivity contribution in [3.63, 3.8) is 0 Å². The van der Waals surface area contributed by atoms with Gasteiger partial charge in [-0.2, -0.15) is 0 Å². The van der Waals surface area contributed by atoms with Crippen LogP contribution in [0.15, 0.2) is 51.8 Å². The summed E-state index contributed by atoms with van der Waals surface area (Å²) in [7, 11) is 0.0217. The summed E-state index contributed by atoms with van der Waals surface area (Å²) < 4.78 is 29.0. The highest BCUT2D eigenvalue weighted by atomic mass is 79.9. The Kier molecular flexibility index (Phi) is 5.90.